The van der Waals surface area contributed by atoms with Gasteiger partial charge in [0, 0.05) is 37.1 Å². The first-order valence-electron chi connectivity index (χ1n) is 17.0. The highest BCUT2D eigenvalue weighted by Gasteiger charge is 2.22. The Labute approximate surface area is 297 Å². The van der Waals surface area contributed by atoms with E-state index in [4.69, 9.17) is 0 Å². The number of benzene rings is 8. The molecule has 50 heavy (non-hydrogen) atoms. The number of anilines is 3. The molecule has 0 aliphatic heterocycles. The highest BCUT2D eigenvalue weighted by atomic mass is 32.1. The third-order valence-electron chi connectivity index (χ3n) is 9.48. The van der Waals surface area contributed by atoms with Gasteiger partial charge in [0.05, 0.1) is 5.69 Å². The fourth-order valence-corrected chi connectivity index (χ4v) is 8.23. The van der Waals surface area contributed by atoms with E-state index in [2.05, 4.69) is 205 Å². The first kappa shape index (κ1) is 29.9. The minimum absolute atomic E-state index is 1.11. The predicted molar refractivity (Wildman–Crippen MR) is 216 cm³/mol. The van der Waals surface area contributed by atoms with Crippen LogP contribution in [-0.2, 0) is 0 Å². The highest BCUT2D eigenvalue weighted by molar-refractivity contribution is 7.25. The van der Waals surface area contributed by atoms with Crippen LogP contribution in [0.1, 0.15) is 0 Å². The Morgan fingerprint density at radius 2 is 0.860 bits per heavy atom. The van der Waals surface area contributed by atoms with Crippen molar-refractivity contribution >= 4 is 48.6 Å². The summed E-state index contributed by atoms with van der Waals surface area (Å²) in [5.74, 6) is 0. The first-order chi connectivity index (χ1) is 24.8. The van der Waals surface area contributed by atoms with E-state index >= 15 is 0 Å². The molecule has 0 spiro atoms. The van der Waals surface area contributed by atoms with Gasteiger partial charge in [-0.3, -0.25) is 0 Å². The molecule has 8 aromatic carbocycles. The zero-order valence-corrected chi connectivity index (χ0v) is 28.2. The third-order valence-corrected chi connectivity index (χ3v) is 10.6. The normalized spacial score (nSPS) is 11.2. The minimum Gasteiger partial charge on any atom is -0.310 e. The van der Waals surface area contributed by atoms with Crippen LogP contribution >= 0.6 is 11.3 Å². The summed E-state index contributed by atoms with van der Waals surface area (Å²) in [6, 6.07) is 72.4. The largest absolute Gasteiger partial charge is 0.310 e. The molecular formula is C48H33NS. The number of hydrogen-bond donors (Lipinski definition) is 0. The van der Waals surface area contributed by atoms with Gasteiger partial charge in [-0.25, -0.2) is 0 Å². The van der Waals surface area contributed by atoms with Crippen molar-refractivity contribution < 1.29 is 0 Å². The number of fused-ring (bicyclic) bond motifs is 3. The molecule has 0 radical (unpaired) electrons. The molecule has 0 amide bonds. The van der Waals surface area contributed by atoms with Crippen molar-refractivity contribution in [3.05, 3.63) is 200 Å². The SMILES string of the molecule is c1ccc(-c2ccc(N(c3ccc4c(c3)sc3ccccc34)c3cccc(-c4ccccc4)c3-c3cccc(-c4ccccc4)c3)cc2)cc1. The second-order valence-electron chi connectivity index (χ2n) is 12.5. The quantitative estimate of drug-likeness (QED) is 0.165. The Bertz CT molecular complexity index is 2570. The van der Waals surface area contributed by atoms with Crippen molar-refractivity contribution in [1.29, 1.82) is 0 Å². The second-order valence-corrected chi connectivity index (χ2v) is 13.6. The van der Waals surface area contributed by atoms with E-state index in [1.54, 1.807) is 0 Å². The molecule has 0 fully saturated rings. The Balaban J connectivity index is 1.29. The van der Waals surface area contributed by atoms with Gasteiger partial charge in [0.25, 0.3) is 0 Å². The number of rotatable bonds is 7. The monoisotopic (exact) mass is 655 g/mol. The molecule has 1 heterocycles. The van der Waals surface area contributed by atoms with E-state index in [0.717, 1.165) is 17.1 Å². The lowest BCUT2D eigenvalue weighted by atomic mass is 9.90. The van der Waals surface area contributed by atoms with Crippen LogP contribution in [0.5, 0.6) is 0 Å². The van der Waals surface area contributed by atoms with Gasteiger partial charge in [-0.1, -0.05) is 158 Å². The number of hydrogen-bond acceptors (Lipinski definition) is 2. The number of nitrogens with zero attached hydrogens (tertiary/aromatic N) is 1. The third kappa shape index (κ3) is 5.56. The van der Waals surface area contributed by atoms with Crippen molar-refractivity contribution in [2.45, 2.75) is 0 Å². The highest BCUT2D eigenvalue weighted by Crippen LogP contribution is 2.47. The summed E-state index contributed by atoms with van der Waals surface area (Å²) in [6.45, 7) is 0. The first-order valence-corrected chi connectivity index (χ1v) is 17.8. The molecule has 0 N–H and O–H groups in total. The summed E-state index contributed by atoms with van der Waals surface area (Å²) < 4.78 is 2.59. The number of thiophene rings is 1. The molecular weight excluding hydrogens is 623 g/mol. The lowest BCUT2D eigenvalue weighted by Crippen LogP contribution is -2.11. The van der Waals surface area contributed by atoms with Crippen LogP contribution in [0.25, 0.3) is 64.7 Å². The molecule has 1 aromatic heterocycles. The molecule has 236 valence electrons. The van der Waals surface area contributed by atoms with Gasteiger partial charge < -0.3 is 4.90 Å². The van der Waals surface area contributed by atoms with E-state index in [9.17, 15) is 0 Å². The van der Waals surface area contributed by atoms with Crippen molar-refractivity contribution in [2.75, 3.05) is 4.90 Å². The maximum atomic E-state index is 2.44. The minimum atomic E-state index is 1.11. The van der Waals surface area contributed by atoms with Crippen molar-refractivity contribution in [2.24, 2.45) is 0 Å². The van der Waals surface area contributed by atoms with Crippen LogP contribution in [-0.4, -0.2) is 0 Å². The van der Waals surface area contributed by atoms with Crippen LogP contribution in [0, 0.1) is 0 Å². The topological polar surface area (TPSA) is 3.24 Å². The summed E-state index contributed by atoms with van der Waals surface area (Å²) in [5, 5.41) is 2.60. The maximum Gasteiger partial charge on any atom is 0.0546 e. The molecule has 0 aliphatic carbocycles. The zero-order valence-electron chi connectivity index (χ0n) is 27.4. The van der Waals surface area contributed by atoms with E-state index < -0.39 is 0 Å². The fourth-order valence-electron chi connectivity index (χ4n) is 7.09. The van der Waals surface area contributed by atoms with Crippen LogP contribution in [0.4, 0.5) is 17.1 Å². The van der Waals surface area contributed by atoms with Gasteiger partial charge >= 0.3 is 0 Å². The maximum absolute atomic E-state index is 2.44. The second kappa shape index (κ2) is 13.0. The van der Waals surface area contributed by atoms with Gasteiger partial charge in [0.2, 0.25) is 0 Å². The van der Waals surface area contributed by atoms with E-state index in [1.165, 1.54) is 64.7 Å². The summed E-state index contributed by atoms with van der Waals surface area (Å²) in [4.78, 5) is 2.44. The van der Waals surface area contributed by atoms with Gasteiger partial charge in [-0.05, 0) is 81.4 Å². The van der Waals surface area contributed by atoms with Gasteiger partial charge in [-0.2, -0.15) is 0 Å². The molecule has 0 bridgehead atoms. The summed E-state index contributed by atoms with van der Waals surface area (Å²) in [6.07, 6.45) is 0. The van der Waals surface area contributed by atoms with Crippen LogP contribution in [0.15, 0.2) is 200 Å². The zero-order chi connectivity index (χ0) is 33.3. The van der Waals surface area contributed by atoms with E-state index in [1.807, 2.05) is 11.3 Å². The van der Waals surface area contributed by atoms with Gasteiger partial charge in [-0.15, -0.1) is 11.3 Å². The molecule has 0 aliphatic rings. The van der Waals surface area contributed by atoms with E-state index in [0.29, 0.717) is 0 Å². The summed E-state index contributed by atoms with van der Waals surface area (Å²) >= 11 is 1.86. The molecule has 9 rings (SSSR count). The average Bonchev–Trinajstić information content (AvgIpc) is 3.57. The van der Waals surface area contributed by atoms with Gasteiger partial charge in [0.1, 0.15) is 0 Å². The van der Waals surface area contributed by atoms with Crippen molar-refractivity contribution in [1.82, 2.24) is 0 Å². The lowest BCUT2D eigenvalue weighted by Gasteiger charge is -2.29. The van der Waals surface area contributed by atoms with Crippen molar-refractivity contribution in [3.8, 4) is 44.5 Å². The summed E-state index contributed by atoms with van der Waals surface area (Å²) in [5.41, 5.74) is 12.9. The lowest BCUT2D eigenvalue weighted by molar-refractivity contribution is 1.29. The van der Waals surface area contributed by atoms with Crippen molar-refractivity contribution in [3.63, 3.8) is 0 Å². The Kier molecular flexibility index (Phi) is 7.77. The Morgan fingerprint density at radius 1 is 0.320 bits per heavy atom. The summed E-state index contributed by atoms with van der Waals surface area (Å²) in [7, 11) is 0. The molecule has 0 unspecified atom stereocenters. The fraction of sp³-hybridized carbons (Fsp3) is 0. The van der Waals surface area contributed by atoms with Crippen LogP contribution in [0.2, 0.25) is 0 Å². The molecule has 1 nitrogen and oxygen atoms in total. The standard InChI is InChI=1S/C48H33NS/c1-4-14-34(15-5-1)36-26-28-40(29-27-36)49(41-30-31-44-43-22-10-11-25-46(43)50-47(44)33-41)45-24-13-23-42(37-18-8-3-9-19-37)48(45)39-21-12-20-38(32-39)35-16-6-2-7-17-35/h1-33H. The molecule has 0 saturated heterocycles. The molecule has 9 aromatic rings. The van der Waals surface area contributed by atoms with Crippen LogP contribution in [0.3, 0.4) is 0 Å². The Morgan fingerprint density at radius 3 is 1.60 bits per heavy atom. The van der Waals surface area contributed by atoms with E-state index in [-0.39, 0.29) is 0 Å². The Hall–Kier alpha value is -6.22. The van der Waals surface area contributed by atoms with Crippen LogP contribution < -0.4 is 4.90 Å². The average molecular weight is 656 g/mol. The molecule has 0 atom stereocenters. The smallest absolute Gasteiger partial charge is 0.0546 e. The predicted octanol–water partition coefficient (Wildman–Crippen LogP) is 14.2. The van der Waals surface area contributed by atoms with Gasteiger partial charge in [0.15, 0.2) is 0 Å². The molecule has 0 saturated carbocycles. The molecule has 2 heteroatoms.